The standard InChI is InChI=1S/C9H11NO4S/c1-3-14-9(12)6-5(8(11)13-2)4-15-7(6)10/h4H,3,10H2,1-2H3. The molecule has 0 saturated heterocycles. The van der Waals surface area contributed by atoms with Crippen molar-refractivity contribution in [1.82, 2.24) is 0 Å². The van der Waals surface area contributed by atoms with Gasteiger partial charge in [-0.05, 0) is 6.92 Å². The first-order valence-corrected chi connectivity index (χ1v) is 5.12. The van der Waals surface area contributed by atoms with E-state index in [-0.39, 0.29) is 22.7 Å². The molecule has 2 N–H and O–H groups in total. The summed E-state index contributed by atoms with van der Waals surface area (Å²) < 4.78 is 9.31. The summed E-state index contributed by atoms with van der Waals surface area (Å²) in [6, 6.07) is 0. The maximum atomic E-state index is 11.5. The Morgan fingerprint density at radius 1 is 1.47 bits per heavy atom. The maximum absolute atomic E-state index is 11.5. The Morgan fingerprint density at radius 2 is 2.13 bits per heavy atom. The molecule has 0 aliphatic carbocycles. The van der Waals surface area contributed by atoms with Crippen molar-refractivity contribution in [3.8, 4) is 0 Å². The quantitative estimate of drug-likeness (QED) is 0.790. The highest BCUT2D eigenvalue weighted by atomic mass is 32.1. The van der Waals surface area contributed by atoms with Crippen LogP contribution in [0.4, 0.5) is 5.00 Å². The number of carbonyl (C=O) groups is 2. The molecule has 0 radical (unpaired) electrons. The van der Waals surface area contributed by atoms with Gasteiger partial charge in [0.05, 0.1) is 19.3 Å². The third kappa shape index (κ3) is 2.27. The molecule has 0 aliphatic heterocycles. The zero-order valence-electron chi connectivity index (χ0n) is 8.40. The van der Waals surface area contributed by atoms with E-state index in [1.165, 1.54) is 12.5 Å². The molecule has 1 heterocycles. The van der Waals surface area contributed by atoms with E-state index in [0.717, 1.165) is 11.3 Å². The lowest BCUT2D eigenvalue weighted by atomic mass is 10.2. The Bertz CT molecular complexity index is 385. The Balaban J connectivity index is 3.09. The summed E-state index contributed by atoms with van der Waals surface area (Å²) in [6.07, 6.45) is 0. The lowest BCUT2D eigenvalue weighted by Crippen LogP contribution is -2.12. The van der Waals surface area contributed by atoms with Crippen LogP contribution in [0, 0.1) is 0 Å². The van der Waals surface area contributed by atoms with E-state index >= 15 is 0 Å². The number of hydrogen-bond donors (Lipinski definition) is 1. The van der Waals surface area contributed by atoms with Gasteiger partial charge in [-0.3, -0.25) is 0 Å². The number of thiophene rings is 1. The third-order valence-corrected chi connectivity index (χ3v) is 2.52. The first-order valence-electron chi connectivity index (χ1n) is 4.24. The molecule has 82 valence electrons. The number of nitrogen functional groups attached to an aromatic ring is 1. The van der Waals surface area contributed by atoms with Gasteiger partial charge in [-0.25, -0.2) is 9.59 Å². The maximum Gasteiger partial charge on any atom is 0.342 e. The van der Waals surface area contributed by atoms with Gasteiger partial charge >= 0.3 is 11.9 Å². The van der Waals surface area contributed by atoms with Gasteiger partial charge < -0.3 is 15.2 Å². The van der Waals surface area contributed by atoms with Crippen LogP contribution in [0.2, 0.25) is 0 Å². The fraction of sp³-hybridized carbons (Fsp3) is 0.333. The van der Waals surface area contributed by atoms with Crippen LogP contribution in [0.15, 0.2) is 5.38 Å². The van der Waals surface area contributed by atoms with Gasteiger partial charge in [0.2, 0.25) is 0 Å². The first-order chi connectivity index (χ1) is 7.11. The molecule has 0 bridgehead atoms. The molecule has 0 aliphatic rings. The van der Waals surface area contributed by atoms with Crippen molar-refractivity contribution in [3.05, 3.63) is 16.5 Å². The van der Waals surface area contributed by atoms with Gasteiger partial charge in [-0.15, -0.1) is 11.3 Å². The average molecular weight is 229 g/mol. The number of carbonyl (C=O) groups excluding carboxylic acids is 2. The van der Waals surface area contributed by atoms with Crippen LogP contribution >= 0.6 is 11.3 Å². The van der Waals surface area contributed by atoms with Crippen molar-refractivity contribution >= 4 is 28.3 Å². The van der Waals surface area contributed by atoms with E-state index < -0.39 is 11.9 Å². The van der Waals surface area contributed by atoms with Crippen LogP contribution in [-0.2, 0) is 9.47 Å². The summed E-state index contributed by atoms with van der Waals surface area (Å²) in [6.45, 7) is 1.91. The number of hydrogen-bond acceptors (Lipinski definition) is 6. The zero-order chi connectivity index (χ0) is 11.4. The number of rotatable bonds is 3. The highest BCUT2D eigenvalue weighted by Gasteiger charge is 2.23. The third-order valence-electron chi connectivity index (χ3n) is 1.70. The summed E-state index contributed by atoms with van der Waals surface area (Å²) in [5.74, 6) is -1.19. The minimum absolute atomic E-state index is 0.0914. The van der Waals surface area contributed by atoms with Gasteiger partial charge in [-0.1, -0.05) is 0 Å². The largest absolute Gasteiger partial charge is 0.465 e. The van der Waals surface area contributed by atoms with Crippen LogP contribution in [0.25, 0.3) is 0 Å². The summed E-state index contributed by atoms with van der Waals surface area (Å²) in [4.78, 5) is 22.7. The lowest BCUT2D eigenvalue weighted by Gasteiger charge is -2.03. The monoisotopic (exact) mass is 229 g/mol. The zero-order valence-corrected chi connectivity index (χ0v) is 9.22. The van der Waals surface area contributed by atoms with Crippen LogP contribution in [0.5, 0.6) is 0 Å². The Morgan fingerprint density at radius 3 is 2.67 bits per heavy atom. The van der Waals surface area contributed by atoms with Gasteiger partial charge in [0, 0.05) is 5.38 Å². The SMILES string of the molecule is CCOC(=O)c1c(C(=O)OC)csc1N. The average Bonchev–Trinajstić information content (AvgIpc) is 2.59. The highest BCUT2D eigenvalue weighted by molar-refractivity contribution is 7.14. The van der Waals surface area contributed by atoms with Gasteiger partial charge in [0.1, 0.15) is 10.6 Å². The first kappa shape index (κ1) is 11.5. The fourth-order valence-corrected chi connectivity index (χ4v) is 1.82. The fourth-order valence-electron chi connectivity index (χ4n) is 1.05. The van der Waals surface area contributed by atoms with Gasteiger partial charge in [0.15, 0.2) is 0 Å². The van der Waals surface area contributed by atoms with E-state index in [0.29, 0.717) is 0 Å². The van der Waals surface area contributed by atoms with Crippen molar-refractivity contribution in [3.63, 3.8) is 0 Å². The molecule has 6 heteroatoms. The lowest BCUT2D eigenvalue weighted by molar-refractivity contribution is 0.0506. The summed E-state index contributed by atoms with van der Waals surface area (Å²) >= 11 is 1.11. The molecular weight excluding hydrogens is 218 g/mol. The second kappa shape index (κ2) is 4.79. The molecule has 1 rings (SSSR count). The van der Waals surface area contributed by atoms with Crippen molar-refractivity contribution in [1.29, 1.82) is 0 Å². The van der Waals surface area contributed by atoms with Crippen molar-refractivity contribution in [2.24, 2.45) is 0 Å². The molecule has 15 heavy (non-hydrogen) atoms. The van der Waals surface area contributed by atoms with Gasteiger partial charge in [0.25, 0.3) is 0 Å². The van der Waals surface area contributed by atoms with E-state index in [4.69, 9.17) is 10.5 Å². The van der Waals surface area contributed by atoms with E-state index in [2.05, 4.69) is 4.74 Å². The molecule has 5 nitrogen and oxygen atoms in total. The second-order valence-electron chi connectivity index (χ2n) is 2.60. The van der Waals surface area contributed by atoms with Gasteiger partial charge in [-0.2, -0.15) is 0 Å². The predicted molar refractivity (Wildman–Crippen MR) is 56.0 cm³/mol. The van der Waals surface area contributed by atoms with Crippen LogP contribution < -0.4 is 5.73 Å². The second-order valence-corrected chi connectivity index (χ2v) is 3.51. The van der Waals surface area contributed by atoms with Crippen molar-refractivity contribution in [2.45, 2.75) is 6.92 Å². The van der Waals surface area contributed by atoms with E-state index in [1.54, 1.807) is 6.92 Å². The highest BCUT2D eigenvalue weighted by Crippen LogP contribution is 2.26. The van der Waals surface area contributed by atoms with Crippen molar-refractivity contribution < 1.29 is 19.1 Å². The van der Waals surface area contributed by atoms with Crippen LogP contribution in [-0.4, -0.2) is 25.7 Å². The molecule has 0 saturated carbocycles. The number of nitrogens with two attached hydrogens (primary N) is 1. The van der Waals surface area contributed by atoms with E-state index in [9.17, 15) is 9.59 Å². The molecule has 0 fully saturated rings. The number of methoxy groups -OCH3 is 1. The molecular formula is C9H11NO4S. The summed E-state index contributed by atoms with van der Waals surface area (Å²) in [5.41, 5.74) is 5.82. The summed E-state index contributed by atoms with van der Waals surface area (Å²) in [7, 11) is 1.24. The minimum atomic E-state index is -0.600. The van der Waals surface area contributed by atoms with Crippen LogP contribution in [0.3, 0.4) is 0 Å². The molecule has 0 unspecified atom stereocenters. The Kier molecular flexibility index (Phi) is 3.68. The molecule has 1 aromatic heterocycles. The molecule has 0 aromatic carbocycles. The van der Waals surface area contributed by atoms with Crippen LogP contribution in [0.1, 0.15) is 27.6 Å². The smallest absolute Gasteiger partial charge is 0.342 e. The predicted octanol–water partition coefficient (Wildman–Crippen LogP) is 1.29. The number of anilines is 1. The summed E-state index contributed by atoms with van der Waals surface area (Å²) in [5, 5.41) is 1.74. The van der Waals surface area contributed by atoms with Crippen molar-refractivity contribution in [2.75, 3.05) is 19.5 Å². The minimum Gasteiger partial charge on any atom is -0.465 e. The Hall–Kier alpha value is -1.56. The molecule has 0 atom stereocenters. The number of ether oxygens (including phenoxy) is 2. The Labute approximate surface area is 90.8 Å². The molecule has 0 spiro atoms. The number of esters is 2. The van der Waals surface area contributed by atoms with E-state index in [1.807, 2.05) is 0 Å². The molecule has 0 amide bonds. The normalized spacial score (nSPS) is 9.73. The molecule has 1 aromatic rings. The topological polar surface area (TPSA) is 78.6 Å².